The summed E-state index contributed by atoms with van der Waals surface area (Å²) in [5.74, 6) is -0.251. The summed E-state index contributed by atoms with van der Waals surface area (Å²) in [4.78, 5) is 24.5. The Morgan fingerprint density at radius 1 is 1.42 bits per heavy atom. The molecule has 0 saturated carbocycles. The van der Waals surface area contributed by atoms with E-state index in [0.29, 0.717) is 13.1 Å². The molecule has 0 saturated heterocycles. The third kappa shape index (κ3) is 3.51. The summed E-state index contributed by atoms with van der Waals surface area (Å²) in [6.45, 7) is 2.83. The lowest BCUT2D eigenvalue weighted by Crippen LogP contribution is -2.30. The summed E-state index contributed by atoms with van der Waals surface area (Å²) in [5, 5.41) is 8.81. The average Bonchev–Trinajstić information content (AvgIpc) is 2.92. The summed E-state index contributed by atoms with van der Waals surface area (Å²) in [7, 11) is 0. The van der Waals surface area contributed by atoms with Crippen LogP contribution in [-0.2, 0) is 13.0 Å². The van der Waals surface area contributed by atoms with Crippen molar-refractivity contribution < 1.29 is 4.79 Å². The largest absolute Gasteiger partial charge is 0.350 e. The van der Waals surface area contributed by atoms with Gasteiger partial charge in [0.15, 0.2) is 0 Å². The molecule has 0 aliphatic heterocycles. The van der Waals surface area contributed by atoms with Crippen molar-refractivity contribution in [3.05, 3.63) is 50.6 Å². The molecule has 0 radical (unpaired) electrons. The molecule has 0 unspecified atom stereocenters. The van der Waals surface area contributed by atoms with Crippen molar-refractivity contribution >= 4 is 17.2 Å². The summed E-state index contributed by atoms with van der Waals surface area (Å²) in [6.07, 6.45) is 0.802. The van der Waals surface area contributed by atoms with Gasteiger partial charge in [-0.15, -0.1) is 11.3 Å². The van der Waals surface area contributed by atoms with Gasteiger partial charge in [-0.25, -0.2) is 4.68 Å². The minimum absolute atomic E-state index is 0.197. The Balaban J connectivity index is 1.94. The SMILES string of the molecule is CCn1nc(C(=O)NCCc2cccs2)ccc1=O. The quantitative estimate of drug-likeness (QED) is 0.896. The fourth-order valence-electron chi connectivity index (χ4n) is 1.64. The van der Waals surface area contributed by atoms with Gasteiger partial charge in [-0.05, 0) is 30.9 Å². The van der Waals surface area contributed by atoms with Gasteiger partial charge in [-0.3, -0.25) is 9.59 Å². The molecular formula is C13H15N3O2S. The topological polar surface area (TPSA) is 64.0 Å². The molecule has 0 fully saturated rings. The first kappa shape index (κ1) is 13.5. The Kier molecular flexibility index (Phi) is 4.46. The van der Waals surface area contributed by atoms with E-state index in [4.69, 9.17) is 0 Å². The second-order valence-corrected chi connectivity index (χ2v) is 4.99. The van der Waals surface area contributed by atoms with Gasteiger partial charge >= 0.3 is 0 Å². The number of carbonyl (C=O) groups excluding carboxylic acids is 1. The van der Waals surface area contributed by atoms with Gasteiger partial charge in [0.05, 0.1) is 0 Å². The van der Waals surface area contributed by atoms with E-state index >= 15 is 0 Å². The van der Waals surface area contributed by atoms with E-state index in [0.717, 1.165) is 6.42 Å². The predicted molar refractivity (Wildman–Crippen MR) is 74.5 cm³/mol. The number of nitrogens with zero attached hydrogens (tertiary/aromatic N) is 2. The van der Waals surface area contributed by atoms with Crippen LogP contribution in [0.4, 0.5) is 0 Å². The first-order valence-corrected chi connectivity index (χ1v) is 6.97. The molecule has 100 valence electrons. The first-order valence-electron chi connectivity index (χ1n) is 6.09. The van der Waals surface area contributed by atoms with Crippen molar-refractivity contribution in [2.24, 2.45) is 0 Å². The number of hydrogen-bond acceptors (Lipinski definition) is 4. The van der Waals surface area contributed by atoms with Gasteiger partial charge < -0.3 is 5.32 Å². The maximum absolute atomic E-state index is 11.9. The van der Waals surface area contributed by atoms with Gasteiger partial charge in [0.1, 0.15) is 5.69 Å². The number of hydrogen-bond donors (Lipinski definition) is 1. The van der Waals surface area contributed by atoms with Crippen LogP contribution in [0.3, 0.4) is 0 Å². The van der Waals surface area contributed by atoms with Gasteiger partial charge in [-0.1, -0.05) is 6.07 Å². The minimum atomic E-state index is -0.251. The molecular weight excluding hydrogens is 262 g/mol. The summed E-state index contributed by atoms with van der Waals surface area (Å²) >= 11 is 1.67. The van der Waals surface area contributed by atoms with Crippen molar-refractivity contribution in [3.63, 3.8) is 0 Å². The van der Waals surface area contributed by atoms with Crippen LogP contribution >= 0.6 is 11.3 Å². The standard InChI is InChI=1S/C13H15N3O2S/c1-2-16-12(17)6-5-11(15-16)13(18)14-8-7-10-4-3-9-19-10/h3-6,9H,2,7-8H2,1H3,(H,14,18). The molecule has 0 aromatic carbocycles. The highest BCUT2D eigenvalue weighted by molar-refractivity contribution is 7.09. The first-order chi connectivity index (χ1) is 9.20. The number of nitrogens with one attached hydrogen (secondary N) is 1. The average molecular weight is 277 g/mol. The highest BCUT2D eigenvalue weighted by Gasteiger charge is 2.08. The molecule has 19 heavy (non-hydrogen) atoms. The molecule has 2 heterocycles. The van der Waals surface area contributed by atoms with Crippen LogP contribution in [0.2, 0.25) is 0 Å². The van der Waals surface area contributed by atoms with E-state index in [1.54, 1.807) is 11.3 Å². The molecule has 0 bridgehead atoms. The number of carbonyl (C=O) groups is 1. The van der Waals surface area contributed by atoms with Crippen LogP contribution in [0.15, 0.2) is 34.4 Å². The number of aromatic nitrogens is 2. The Hall–Kier alpha value is -1.95. The van der Waals surface area contributed by atoms with Crippen LogP contribution in [0.1, 0.15) is 22.3 Å². The summed E-state index contributed by atoms with van der Waals surface area (Å²) in [5.41, 5.74) is 0.0743. The van der Waals surface area contributed by atoms with Crippen molar-refractivity contribution in [1.29, 1.82) is 0 Å². The monoisotopic (exact) mass is 277 g/mol. The zero-order valence-electron chi connectivity index (χ0n) is 10.6. The molecule has 2 rings (SSSR count). The maximum Gasteiger partial charge on any atom is 0.271 e. The van der Waals surface area contributed by atoms with Gasteiger partial charge in [-0.2, -0.15) is 5.10 Å². The lowest BCUT2D eigenvalue weighted by molar-refractivity contribution is 0.0946. The predicted octanol–water partition coefficient (Wildman–Crippen LogP) is 1.30. The lowest BCUT2D eigenvalue weighted by atomic mass is 10.3. The van der Waals surface area contributed by atoms with E-state index in [1.807, 2.05) is 24.4 Å². The number of amides is 1. The normalized spacial score (nSPS) is 10.4. The summed E-state index contributed by atoms with van der Waals surface area (Å²) < 4.78 is 1.27. The zero-order chi connectivity index (χ0) is 13.7. The third-order valence-electron chi connectivity index (χ3n) is 2.64. The van der Waals surface area contributed by atoms with Gasteiger partial charge in [0.25, 0.3) is 11.5 Å². The van der Waals surface area contributed by atoms with E-state index in [1.165, 1.54) is 21.7 Å². The molecule has 0 aliphatic rings. The number of thiophene rings is 1. The molecule has 0 aliphatic carbocycles. The molecule has 2 aromatic heterocycles. The van der Waals surface area contributed by atoms with Crippen molar-refractivity contribution in [2.45, 2.75) is 19.9 Å². The van der Waals surface area contributed by atoms with E-state index in [2.05, 4.69) is 10.4 Å². The van der Waals surface area contributed by atoms with Crippen molar-refractivity contribution in [2.75, 3.05) is 6.54 Å². The molecule has 6 heteroatoms. The Bertz CT molecular complexity index is 605. The Morgan fingerprint density at radius 3 is 2.95 bits per heavy atom. The van der Waals surface area contributed by atoms with Crippen LogP contribution in [-0.4, -0.2) is 22.2 Å². The molecule has 0 spiro atoms. The molecule has 1 N–H and O–H groups in total. The van der Waals surface area contributed by atoms with Crippen LogP contribution in [0.5, 0.6) is 0 Å². The van der Waals surface area contributed by atoms with E-state index in [-0.39, 0.29) is 17.2 Å². The molecule has 1 amide bonds. The van der Waals surface area contributed by atoms with Crippen LogP contribution in [0, 0.1) is 0 Å². The highest BCUT2D eigenvalue weighted by atomic mass is 32.1. The zero-order valence-corrected chi connectivity index (χ0v) is 11.4. The second kappa shape index (κ2) is 6.29. The van der Waals surface area contributed by atoms with Crippen LogP contribution in [0.25, 0.3) is 0 Å². The van der Waals surface area contributed by atoms with E-state index in [9.17, 15) is 9.59 Å². The fraction of sp³-hybridized carbons (Fsp3) is 0.308. The minimum Gasteiger partial charge on any atom is -0.350 e. The van der Waals surface area contributed by atoms with Crippen molar-refractivity contribution in [1.82, 2.24) is 15.1 Å². The van der Waals surface area contributed by atoms with E-state index < -0.39 is 0 Å². The smallest absolute Gasteiger partial charge is 0.271 e. The Labute approximate surface area is 114 Å². The van der Waals surface area contributed by atoms with Gasteiger partial charge in [0, 0.05) is 24.0 Å². The third-order valence-corrected chi connectivity index (χ3v) is 3.57. The number of rotatable bonds is 5. The lowest BCUT2D eigenvalue weighted by Gasteiger charge is -2.05. The van der Waals surface area contributed by atoms with Crippen molar-refractivity contribution in [3.8, 4) is 0 Å². The summed E-state index contributed by atoms with van der Waals surface area (Å²) in [6, 6.07) is 6.84. The molecule has 2 aromatic rings. The fourth-order valence-corrected chi connectivity index (χ4v) is 2.35. The van der Waals surface area contributed by atoms with Crippen LogP contribution < -0.4 is 10.9 Å². The molecule has 5 nitrogen and oxygen atoms in total. The highest BCUT2D eigenvalue weighted by Crippen LogP contribution is 2.08. The second-order valence-electron chi connectivity index (χ2n) is 3.96. The molecule has 0 atom stereocenters. The maximum atomic E-state index is 11.9. The van der Waals surface area contributed by atoms with Gasteiger partial charge in [0.2, 0.25) is 0 Å². The number of aryl methyl sites for hydroxylation is 1. The Morgan fingerprint density at radius 2 is 2.26 bits per heavy atom.